The summed E-state index contributed by atoms with van der Waals surface area (Å²) in [6.07, 6.45) is 2.02. The van der Waals surface area contributed by atoms with Crippen molar-refractivity contribution in [2.75, 3.05) is 45.7 Å². The summed E-state index contributed by atoms with van der Waals surface area (Å²) < 4.78 is 0. The average molecular weight is 478 g/mol. The van der Waals surface area contributed by atoms with E-state index in [2.05, 4.69) is 29.0 Å². The molecule has 0 saturated carbocycles. The number of carbonyl (C=O) groups is 2. The van der Waals surface area contributed by atoms with Crippen molar-refractivity contribution in [3.05, 3.63) is 107 Å². The zero-order valence-corrected chi connectivity index (χ0v) is 21.0. The van der Waals surface area contributed by atoms with E-state index in [4.69, 9.17) is 0 Å². The molecule has 2 saturated heterocycles. The number of rotatable bonds is 2. The molecule has 0 bridgehead atoms. The third kappa shape index (κ3) is 2.90. The molecule has 0 N–H and O–H groups in total. The van der Waals surface area contributed by atoms with Crippen molar-refractivity contribution in [1.82, 2.24) is 9.80 Å². The largest absolute Gasteiger partial charge is 0.313 e. The van der Waals surface area contributed by atoms with Crippen LogP contribution in [0.15, 0.2) is 90.5 Å². The molecule has 2 fully saturated rings. The normalized spacial score (nSPS) is 29.6. The first-order valence-electron chi connectivity index (χ1n) is 12.5. The highest BCUT2D eigenvalue weighted by molar-refractivity contribution is 6.16. The van der Waals surface area contributed by atoms with Crippen LogP contribution in [0.3, 0.4) is 0 Å². The van der Waals surface area contributed by atoms with E-state index in [1.54, 1.807) is 4.90 Å². The number of benzene rings is 3. The van der Waals surface area contributed by atoms with Crippen molar-refractivity contribution in [2.45, 2.75) is 11.5 Å². The second-order valence-corrected chi connectivity index (χ2v) is 10.5. The molecular weight excluding hydrogens is 446 g/mol. The van der Waals surface area contributed by atoms with Gasteiger partial charge in [0.1, 0.15) is 5.54 Å². The summed E-state index contributed by atoms with van der Waals surface area (Å²) in [5.41, 5.74) is 2.61. The van der Waals surface area contributed by atoms with Crippen molar-refractivity contribution in [3.8, 4) is 0 Å². The van der Waals surface area contributed by atoms with Crippen LogP contribution in [0.25, 0.3) is 6.08 Å². The number of Topliss-reactive ketones (excluding diaryl/α,β-unsaturated/α-hetero) is 1. The molecule has 1 amide bonds. The Kier molecular flexibility index (Phi) is 5.25. The lowest BCUT2D eigenvalue weighted by atomic mass is 9.56. The summed E-state index contributed by atoms with van der Waals surface area (Å²) in [4.78, 5) is 35.6. The van der Waals surface area contributed by atoms with Crippen molar-refractivity contribution in [3.63, 3.8) is 0 Å². The molecule has 3 atom stereocenters. The summed E-state index contributed by atoms with van der Waals surface area (Å²) in [6.45, 7) is 1.69. The van der Waals surface area contributed by atoms with Crippen LogP contribution in [-0.4, -0.2) is 62.3 Å². The molecule has 0 unspecified atom stereocenters. The molecule has 6 rings (SSSR count). The topological polar surface area (TPSA) is 43.9 Å². The van der Waals surface area contributed by atoms with Gasteiger partial charge in [-0.05, 0) is 37.4 Å². The summed E-state index contributed by atoms with van der Waals surface area (Å²) in [5.74, 6) is -0.0740. The number of likely N-dealkylation sites (N-methyl/N-ethyl adjacent to an activating group) is 3. The van der Waals surface area contributed by atoms with Crippen LogP contribution >= 0.6 is 0 Å². The lowest BCUT2D eigenvalue weighted by Crippen LogP contribution is -2.65. The standard InChI is InChI=1S/C31H31N3O2/c1-32-19-24(18-22-12-6-4-7-13-22)28(35)30(21-32)26(23-14-8-5-9-15-23)20-33(2)31(30)25-16-10-11-17-27(25)34(3)29(31)36/h4-18,26H,19-21H2,1-3H3/b24-18+/t26-,30+,31+/m1/s1. The predicted molar refractivity (Wildman–Crippen MR) is 143 cm³/mol. The Morgan fingerprint density at radius 2 is 1.47 bits per heavy atom. The Bertz CT molecular complexity index is 1370. The molecule has 3 aliphatic heterocycles. The van der Waals surface area contributed by atoms with E-state index in [9.17, 15) is 9.59 Å². The molecule has 3 aromatic rings. The van der Waals surface area contributed by atoms with Gasteiger partial charge in [-0.3, -0.25) is 14.5 Å². The summed E-state index contributed by atoms with van der Waals surface area (Å²) in [7, 11) is 5.92. The quantitative estimate of drug-likeness (QED) is 0.520. The zero-order chi connectivity index (χ0) is 25.1. The van der Waals surface area contributed by atoms with E-state index < -0.39 is 11.0 Å². The molecule has 182 valence electrons. The maximum absolute atomic E-state index is 15.0. The van der Waals surface area contributed by atoms with Gasteiger partial charge in [-0.15, -0.1) is 0 Å². The Morgan fingerprint density at radius 1 is 0.833 bits per heavy atom. The number of amides is 1. The number of hydrogen-bond acceptors (Lipinski definition) is 4. The van der Waals surface area contributed by atoms with Gasteiger partial charge in [0.2, 0.25) is 0 Å². The van der Waals surface area contributed by atoms with Crippen LogP contribution in [0.1, 0.15) is 22.6 Å². The third-order valence-corrected chi connectivity index (χ3v) is 8.54. The van der Waals surface area contributed by atoms with Gasteiger partial charge >= 0.3 is 0 Å². The maximum Gasteiger partial charge on any atom is 0.253 e. The minimum absolute atomic E-state index is 0.0210. The lowest BCUT2D eigenvalue weighted by molar-refractivity contribution is -0.147. The van der Waals surface area contributed by atoms with Gasteiger partial charge < -0.3 is 9.80 Å². The van der Waals surface area contributed by atoms with Crippen molar-refractivity contribution in [2.24, 2.45) is 5.41 Å². The van der Waals surface area contributed by atoms with E-state index >= 15 is 0 Å². The van der Waals surface area contributed by atoms with Crippen LogP contribution < -0.4 is 4.90 Å². The fourth-order valence-electron chi connectivity index (χ4n) is 7.19. The van der Waals surface area contributed by atoms with Gasteiger partial charge in [-0.25, -0.2) is 0 Å². The Morgan fingerprint density at radius 3 is 2.19 bits per heavy atom. The average Bonchev–Trinajstić information content (AvgIpc) is 3.29. The number of piperidine rings is 1. The first kappa shape index (κ1) is 22.9. The minimum Gasteiger partial charge on any atom is -0.313 e. The number of ketones is 1. The van der Waals surface area contributed by atoms with Crippen LogP contribution in [0.4, 0.5) is 5.69 Å². The monoisotopic (exact) mass is 477 g/mol. The van der Waals surface area contributed by atoms with Crippen LogP contribution in [0.5, 0.6) is 0 Å². The van der Waals surface area contributed by atoms with E-state index in [-0.39, 0.29) is 17.6 Å². The first-order valence-corrected chi connectivity index (χ1v) is 12.5. The number of hydrogen-bond donors (Lipinski definition) is 0. The van der Waals surface area contributed by atoms with Gasteiger partial charge in [0.15, 0.2) is 5.78 Å². The molecule has 3 aromatic carbocycles. The first-order chi connectivity index (χ1) is 17.4. The Labute approximate surface area is 212 Å². The summed E-state index contributed by atoms with van der Waals surface area (Å²) >= 11 is 0. The number of anilines is 1. The van der Waals surface area contributed by atoms with Gasteiger partial charge in [0.05, 0.1) is 5.41 Å². The highest BCUT2D eigenvalue weighted by Crippen LogP contribution is 2.65. The lowest BCUT2D eigenvalue weighted by Gasteiger charge is -2.51. The molecule has 0 radical (unpaired) electrons. The SMILES string of the molecule is CN1C/C(=C\c2ccccc2)C(=O)[C@]2(C1)[C@@H](c1ccccc1)CN(C)[C@@]21C(=O)N(C)c2ccccc21. The van der Waals surface area contributed by atoms with Gasteiger partial charge in [-0.2, -0.15) is 0 Å². The van der Waals surface area contributed by atoms with E-state index in [0.717, 1.165) is 28.0 Å². The fourth-order valence-corrected chi connectivity index (χ4v) is 7.19. The van der Waals surface area contributed by atoms with E-state index in [1.807, 2.05) is 93.0 Å². The highest BCUT2D eigenvalue weighted by atomic mass is 16.2. The molecule has 0 aliphatic carbocycles. The molecule has 3 aliphatic rings. The molecule has 5 nitrogen and oxygen atoms in total. The van der Waals surface area contributed by atoms with Gasteiger partial charge in [0.25, 0.3) is 5.91 Å². The summed E-state index contributed by atoms with van der Waals surface area (Å²) in [5, 5.41) is 0. The van der Waals surface area contributed by atoms with Crippen LogP contribution in [-0.2, 0) is 15.1 Å². The minimum atomic E-state index is -1.08. The number of nitrogens with zero attached hydrogens (tertiary/aromatic N) is 3. The second-order valence-electron chi connectivity index (χ2n) is 10.5. The van der Waals surface area contributed by atoms with Gasteiger partial charge in [-0.1, -0.05) is 78.9 Å². The maximum atomic E-state index is 15.0. The molecule has 0 aromatic heterocycles. The number of para-hydroxylation sites is 1. The van der Waals surface area contributed by atoms with Crippen LogP contribution in [0, 0.1) is 5.41 Å². The molecule has 5 heteroatoms. The molecular formula is C31H31N3O2. The van der Waals surface area contributed by atoms with Crippen molar-refractivity contribution >= 4 is 23.5 Å². The fraction of sp³-hybridized carbons (Fsp3) is 0.290. The molecule has 36 heavy (non-hydrogen) atoms. The summed E-state index contributed by atoms with van der Waals surface area (Å²) in [6, 6.07) is 28.3. The predicted octanol–water partition coefficient (Wildman–Crippen LogP) is 4.17. The Hall–Kier alpha value is -3.54. The second kappa shape index (κ2) is 8.26. The third-order valence-electron chi connectivity index (χ3n) is 8.54. The van der Waals surface area contributed by atoms with Crippen molar-refractivity contribution < 1.29 is 9.59 Å². The zero-order valence-electron chi connectivity index (χ0n) is 21.0. The number of fused-ring (bicyclic) bond motifs is 3. The number of likely N-dealkylation sites (tertiary alicyclic amines) is 2. The van der Waals surface area contributed by atoms with E-state index in [0.29, 0.717) is 19.6 Å². The Balaban J connectivity index is 1.65. The molecule has 3 heterocycles. The van der Waals surface area contributed by atoms with E-state index in [1.165, 1.54) is 0 Å². The van der Waals surface area contributed by atoms with Crippen LogP contribution in [0.2, 0.25) is 0 Å². The highest BCUT2D eigenvalue weighted by Gasteiger charge is 2.75. The smallest absolute Gasteiger partial charge is 0.253 e. The van der Waals surface area contributed by atoms with Crippen molar-refractivity contribution in [1.29, 1.82) is 0 Å². The van der Waals surface area contributed by atoms with Gasteiger partial charge in [0, 0.05) is 49.4 Å². The molecule has 2 spiro atoms. The number of carbonyl (C=O) groups excluding carboxylic acids is 2.